The van der Waals surface area contributed by atoms with E-state index in [0.717, 1.165) is 23.6 Å². The van der Waals surface area contributed by atoms with Crippen LogP contribution >= 0.6 is 0 Å². The number of hydrogen-bond acceptors (Lipinski definition) is 2. The molecule has 1 aliphatic heterocycles. The summed E-state index contributed by atoms with van der Waals surface area (Å²) in [5.74, 6) is 1.06. The monoisotopic (exact) mass is 202 g/mol. The highest BCUT2D eigenvalue weighted by molar-refractivity contribution is 5.57. The molecule has 4 nitrogen and oxygen atoms in total. The van der Waals surface area contributed by atoms with Gasteiger partial charge in [-0.2, -0.15) is 0 Å². The van der Waals surface area contributed by atoms with E-state index in [1.54, 1.807) is 0 Å². The highest BCUT2D eigenvalue weighted by atomic mass is 15.0. The van der Waals surface area contributed by atoms with Gasteiger partial charge in [0.05, 0.1) is 17.9 Å². The Morgan fingerprint density at radius 3 is 3.13 bits per heavy atom. The van der Waals surface area contributed by atoms with E-state index in [1.807, 2.05) is 24.7 Å². The van der Waals surface area contributed by atoms with Crippen molar-refractivity contribution in [2.24, 2.45) is 0 Å². The Morgan fingerprint density at radius 1 is 1.40 bits per heavy atom. The summed E-state index contributed by atoms with van der Waals surface area (Å²) in [4.78, 5) is 10.8. The second-order valence-electron chi connectivity index (χ2n) is 3.93. The molecule has 1 unspecified atom stereocenters. The fraction of sp³-hybridized carbons (Fsp3) is 0.364. The van der Waals surface area contributed by atoms with Gasteiger partial charge in [-0.3, -0.25) is 0 Å². The second-order valence-corrected chi connectivity index (χ2v) is 3.93. The smallest absolute Gasteiger partial charge is 0.123 e. The van der Waals surface area contributed by atoms with Gasteiger partial charge in [0.25, 0.3) is 0 Å². The molecule has 78 valence electrons. The van der Waals surface area contributed by atoms with E-state index < -0.39 is 0 Å². The average Bonchev–Trinajstić information content (AvgIpc) is 3.02. The molecule has 0 aliphatic carbocycles. The first-order valence-electron chi connectivity index (χ1n) is 5.35. The van der Waals surface area contributed by atoms with Gasteiger partial charge >= 0.3 is 0 Å². The summed E-state index contributed by atoms with van der Waals surface area (Å²) in [5.41, 5.74) is 2.24. The van der Waals surface area contributed by atoms with Gasteiger partial charge in [-0.1, -0.05) is 0 Å². The van der Waals surface area contributed by atoms with Gasteiger partial charge < -0.3 is 15.3 Å². The second kappa shape index (κ2) is 3.55. The average molecular weight is 202 g/mol. The Hall–Kier alpha value is -1.55. The molecule has 1 saturated heterocycles. The maximum Gasteiger partial charge on any atom is 0.123 e. The molecule has 3 rings (SSSR count). The topological polar surface area (TPSA) is 56.5 Å². The molecular formula is C11H14N4. The molecule has 0 saturated carbocycles. The SMILES string of the molecule is c1cc(-c2cnc(C3CCCN3)[nH]2)c[nH]1. The van der Waals surface area contributed by atoms with Crippen LogP contribution in [-0.4, -0.2) is 21.5 Å². The van der Waals surface area contributed by atoms with Crippen molar-refractivity contribution in [3.63, 3.8) is 0 Å². The number of imidazole rings is 1. The zero-order chi connectivity index (χ0) is 10.1. The van der Waals surface area contributed by atoms with E-state index in [2.05, 4.69) is 20.3 Å². The molecule has 1 aliphatic rings. The van der Waals surface area contributed by atoms with Crippen LogP contribution in [-0.2, 0) is 0 Å². The third-order valence-corrected chi connectivity index (χ3v) is 2.89. The molecule has 4 heteroatoms. The number of nitrogens with zero attached hydrogens (tertiary/aromatic N) is 1. The Balaban J connectivity index is 1.87. The van der Waals surface area contributed by atoms with Gasteiger partial charge in [0, 0.05) is 18.0 Å². The minimum Gasteiger partial charge on any atom is -0.367 e. The number of H-pyrrole nitrogens is 2. The normalized spacial score (nSPS) is 20.9. The summed E-state index contributed by atoms with van der Waals surface area (Å²) in [6.07, 6.45) is 8.21. The lowest BCUT2D eigenvalue weighted by Crippen LogP contribution is -2.14. The van der Waals surface area contributed by atoms with Crippen LogP contribution in [0.3, 0.4) is 0 Å². The quantitative estimate of drug-likeness (QED) is 0.695. The summed E-state index contributed by atoms with van der Waals surface area (Å²) in [6, 6.07) is 2.46. The number of rotatable bonds is 2. The first-order chi connectivity index (χ1) is 7.43. The fourth-order valence-corrected chi connectivity index (χ4v) is 2.07. The third-order valence-electron chi connectivity index (χ3n) is 2.89. The van der Waals surface area contributed by atoms with Gasteiger partial charge in [0.15, 0.2) is 0 Å². The van der Waals surface area contributed by atoms with Crippen LogP contribution in [0.2, 0.25) is 0 Å². The van der Waals surface area contributed by atoms with E-state index in [1.165, 1.54) is 12.8 Å². The molecule has 3 heterocycles. The molecule has 0 bridgehead atoms. The van der Waals surface area contributed by atoms with Crippen LogP contribution in [0.4, 0.5) is 0 Å². The highest BCUT2D eigenvalue weighted by Crippen LogP contribution is 2.23. The minimum absolute atomic E-state index is 0.415. The molecule has 0 radical (unpaired) electrons. The number of hydrogen-bond donors (Lipinski definition) is 3. The van der Waals surface area contributed by atoms with Crippen LogP contribution in [0.5, 0.6) is 0 Å². The standard InChI is InChI=1S/C11H14N4/c1-2-9(13-4-1)11-14-7-10(15-11)8-3-5-12-6-8/h3,5-7,9,12-13H,1-2,4H2,(H,14,15). The fourth-order valence-electron chi connectivity index (χ4n) is 2.07. The predicted molar refractivity (Wildman–Crippen MR) is 58.4 cm³/mol. The van der Waals surface area contributed by atoms with Crippen molar-refractivity contribution in [1.29, 1.82) is 0 Å². The maximum atomic E-state index is 4.42. The lowest BCUT2D eigenvalue weighted by molar-refractivity contribution is 0.613. The van der Waals surface area contributed by atoms with Crippen molar-refractivity contribution in [3.05, 3.63) is 30.5 Å². The number of nitrogens with one attached hydrogen (secondary N) is 3. The van der Waals surface area contributed by atoms with Crippen LogP contribution < -0.4 is 5.32 Å². The molecule has 0 amide bonds. The van der Waals surface area contributed by atoms with E-state index >= 15 is 0 Å². The van der Waals surface area contributed by atoms with E-state index in [4.69, 9.17) is 0 Å². The van der Waals surface area contributed by atoms with Crippen molar-refractivity contribution in [2.75, 3.05) is 6.54 Å². The number of aromatic nitrogens is 3. The summed E-state index contributed by atoms with van der Waals surface area (Å²) in [6.45, 7) is 1.10. The van der Waals surface area contributed by atoms with Crippen molar-refractivity contribution >= 4 is 0 Å². The first-order valence-corrected chi connectivity index (χ1v) is 5.35. The van der Waals surface area contributed by atoms with Crippen LogP contribution in [0.15, 0.2) is 24.7 Å². The third kappa shape index (κ3) is 1.57. The lowest BCUT2D eigenvalue weighted by atomic mass is 10.2. The Labute approximate surface area is 88.1 Å². The molecule has 3 N–H and O–H groups in total. The maximum absolute atomic E-state index is 4.42. The molecule has 1 atom stereocenters. The van der Waals surface area contributed by atoms with E-state index in [0.29, 0.717) is 6.04 Å². The Morgan fingerprint density at radius 2 is 2.40 bits per heavy atom. The summed E-state index contributed by atoms with van der Waals surface area (Å²) in [5, 5.41) is 3.43. The molecular weight excluding hydrogens is 188 g/mol. The summed E-state index contributed by atoms with van der Waals surface area (Å²) >= 11 is 0. The van der Waals surface area contributed by atoms with Crippen molar-refractivity contribution in [2.45, 2.75) is 18.9 Å². The zero-order valence-electron chi connectivity index (χ0n) is 8.46. The number of aromatic amines is 2. The van der Waals surface area contributed by atoms with E-state index in [-0.39, 0.29) is 0 Å². The van der Waals surface area contributed by atoms with Crippen LogP contribution in [0, 0.1) is 0 Å². The van der Waals surface area contributed by atoms with Gasteiger partial charge in [-0.05, 0) is 25.5 Å². The molecule has 2 aromatic rings. The molecule has 15 heavy (non-hydrogen) atoms. The summed E-state index contributed by atoms with van der Waals surface area (Å²) in [7, 11) is 0. The Kier molecular flexibility index (Phi) is 2.07. The van der Waals surface area contributed by atoms with Crippen LogP contribution in [0.1, 0.15) is 24.7 Å². The predicted octanol–water partition coefficient (Wildman–Crippen LogP) is 1.83. The van der Waals surface area contributed by atoms with Gasteiger partial charge in [-0.25, -0.2) is 4.98 Å². The highest BCUT2D eigenvalue weighted by Gasteiger charge is 2.19. The minimum atomic E-state index is 0.415. The van der Waals surface area contributed by atoms with Crippen molar-refractivity contribution < 1.29 is 0 Å². The lowest BCUT2D eigenvalue weighted by Gasteiger charge is -2.04. The van der Waals surface area contributed by atoms with Crippen molar-refractivity contribution in [3.8, 4) is 11.3 Å². The largest absolute Gasteiger partial charge is 0.367 e. The first kappa shape index (κ1) is 8.73. The molecule has 0 aromatic carbocycles. The van der Waals surface area contributed by atoms with Gasteiger partial charge in [0.1, 0.15) is 5.82 Å². The van der Waals surface area contributed by atoms with E-state index in [9.17, 15) is 0 Å². The van der Waals surface area contributed by atoms with Gasteiger partial charge in [0.2, 0.25) is 0 Å². The van der Waals surface area contributed by atoms with Crippen LogP contribution in [0.25, 0.3) is 11.3 Å². The molecule has 1 fully saturated rings. The molecule has 2 aromatic heterocycles. The summed E-state index contributed by atoms with van der Waals surface area (Å²) < 4.78 is 0. The Bertz CT molecular complexity index is 423. The molecule has 0 spiro atoms. The zero-order valence-corrected chi connectivity index (χ0v) is 8.46. The van der Waals surface area contributed by atoms with Gasteiger partial charge in [-0.15, -0.1) is 0 Å². The van der Waals surface area contributed by atoms with Crippen molar-refractivity contribution in [1.82, 2.24) is 20.3 Å².